The van der Waals surface area contributed by atoms with Crippen LogP contribution in [0, 0.1) is 13.8 Å². The summed E-state index contributed by atoms with van der Waals surface area (Å²) in [6, 6.07) is 14.3. The summed E-state index contributed by atoms with van der Waals surface area (Å²) in [5.41, 5.74) is 3.26. The molecule has 0 saturated carbocycles. The van der Waals surface area contributed by atoms with Gasteiger partial charge in [0.1, 0.15) is 0 Å². The zero-order chi connectivity index (χ0) is 20.5. The Labute approximate surface area is 171 Å². The van der Waals surface area contributed by atoms with Crippen molar-refractivity contribution in [1.29, 1.82) is 0 Å². The Morgan fingerprint density at radius 2 is 1.68 bits per heavy atom. The van der Waals surface area contributed by atoms with Crippen molar-refractivity contribution in [2.75, 3.05) is 32.0 Å². The highest BCUT2D eigenvalue weighted by Gasteiger charge is 2.14. The number of carbonyl (C=O) groups is 2. The van der Waals surface area contributed by atoms with E-state index < -0.39 is 0 Å². The van der Waals surface area contributed by atoms with Crippen molar-refractivity contribution < 1.29 is 14.5 Å². The van der Waals surface area contributed by atoms with Crippen LogP contribution in [-0.2, 0) is 9.59 Å². The molecule has 0 aliphatic heterocycles. The van der Waals surface area contributed by atoms with Gasteiger partial charge >= 0.3 is 0 Å². The minimum Gasteiger partial charge on any atom is -0.351 e. The summed E-state index contributed by atoms with van der Waals surface area (Å²) in [6.45, 7) is 7.42. The van der Waals surface area contributed by atoms with E-state index in [2.05, 4.69) is 42.7 Å². The molecule has 2 amide bonds. The van der Waals surface area contributed by atoms with Crippen molar-refractivity contribution in [2.45, 2.75) is 37.0 Å². The summed E-state index contributed by atoms with van der Waals surface area (Å²) in [6.07, 6.45) is 0.906. The van der Waals surface area contributed by atoms with Gasteiger partial charge in [-0.25, -0.2) is 0 Å². The number of likely N-dealkylation sites (N-methyl/N-ethyl adjacent to an activating group) is 1. The Hall–Kier alpha value is -2.31. The molecule has 0 spiro atoms. The van der Waals surface area contributed by atoms with Crippen molar-refractivity contribution in [1.82, 2.24) is 5.32 Å². The third-order valence-corrected chi connectivity index (χ3v) is 5.37. The van der Waals surface area contributed by atoms with Crippen LogP contribution in [0.15, 0.2) is 52.3 Å². The molecule has 0 bridgehead atoms. The van der Waals surface area contributed by atoms with Crippen LogP contribution < -0.4 is 15.5 Å². The average molecular weight is 401 g/mol. The largest absolute Gasteiger partial charge is 0.351 e. The number of hydrogen-bond donors (Lipinski definition) is 3. The van der Waals surface area contributed by atoms with Crippen molar-refractivity contribution >= 4 is 29.3 Å². The molecule has 0 aliphatic carbocycles. The first-order valence-electron chi connectivity index (χ1n) is 9.60. The number of aryl methyl sites for hydroxylation is 2. The predicted octanol–water partition coefficient (Wildman–Crippen LogP) is 2.43. The predicted molar refractivity (Wildman–Crippen MR) is 115 cm³/mol. The molecule has 0 fully saturated rings. The third-order valence-electron chi connectivity index (χ3n) is 4.21. The summed E-state index contributed by atoms with van der Waals surface area (Å²) in [4.78, 5) is 27.1. The number of carbonyl (C=O) groups excluding carboxylic acids is 2. The van der Waals surface area contributed by atoms with Crippen molar-refractivity contribution in [3.8, 4) is 0 Å². The van der Waals surface area contributed by atoms with E-state index in [1.807, 2.05) is 38.2 Å². The highest BCUT2D eigenvalue weighted by atomic mass is 32.2. The second-order valence-corrected chi connectivity index (χ2v) is 8.22. The molecule has 0 saturated heterocycles. The fraction of sp³-hybridized carbons (Fsp3) is 0.364. The van der Waals surface area contributed by atoms with E-state index in [0.29, 0.717) is 13.1 Å². The lowest BCUT2D eigenvalue weighted by Crippen LogP contribution is -3.11. The molecule has 0 aromatic heterocycles. The van der Waals surface area contributed by atoms with E-state index in [1.54, 1.807) is 11.8 Å². The second-order valence-electron chi connectivity index (χ2n) is 7.10. The lowest BCUT2D eigenvalue weighted by molar-refractivity contribution is -0.862. The summed E-state index contributed by atoms with van der Waals surface area (Å²) in [5, 5.41) is 5.73. The molecule has 3 N–H and O–H groups in total. The van der Waals surface area contributed by atoms with Crippen molar-refractivity contribution in [2.24, 2.45) is 0 Å². The Balaban J connectivity index is 1.85. The van der Waals surface area contributed by atoms with Gasteiger partial charge in [-0.1, -0.05) is 30.8 Å². The lowest BCUT2D eigenvalue weighted by Gasteiger charge is -2.14. The molecule has 2 aromatic rings. The summed E-state index contributed by atoms with van der Waals surface area (Å²) >= 11 is 1.72. The van der Waals surface area contributed by atoms with Gasteiger partial charge in [0.25, 0.3) is 11.8 Å². The number of amides is 2. The third kappa shape index (κ3) is 7.37. The van der Waals surface area contributed by atoms with Crippen LogP contribution in [0.1, 0.15) is 24.5 Å². The normalized spacial score (nSPS) is 11.7. The Bertz CT molecular complexity index is 806. The van der Waals surface area contributed by atoms with Gasteiger partial charge in [-0.2, -0.15) is 0 Å². The van der Waals surface area contributed by atoms with Crippen molar-refractivity contribution in [3.05, 3.63) is 53.6 Å². The number of nitrogens with one attached hydrogen (secondary N) is 3. The van der Waals surface area contributed by atoms with Crippen LogP contribution in [0.3, 0.4) is 0 Å². The Morgan fingerprint density at radius 1 is 1.00 bits per heavy atom. The highest BCUT2D eigenvalue weighted by Crippen LogP contribution is 2.31. The number of hydrogen-bond acceptors (Lipinski definition) is 3. The number of anilines is 1. The van der Waals surface area contributed by atoms with Gasteiger partial charge in [0.2, 0.25) is 0 Å². The molecular weight excluding hydrogens is 370 g/mol. The van der Waals surface area contributed by atoms with Gasteiger partial charge in [0.05, 0.1) is 7.05 Å². The molecule has 28 heavy (non-hydrogen) atoms. The molecule has 0 radical (unpaired) electrons. The molecule has 0 aliphatic rings. The summed E-state index contributed by atoms with van der Waals surface area (Å²) in [7, 11) is 1.84. The monoisotopic (exact) mass is 400 g/mol. The molecule has 1 unspecified atom stereocenters. The van der Waals surface area contributed by atoms with Gasteiger partial charge in [-0.15, -0.1) is 0 Å². The topological polar surface area (TPSA) is 62.6 Å². The van der Waals surface area contributed by atoms with Gasteiger partial charge in [0.15, 0.2) is 13.1 Å². The average Bonchev–Trinajstić information content (AvgIpc) is 2.64. The second kappa shape index (κ2) is 10.9. The van der Waals surface area contributed by atoms with Crippen LogP contribution in [0.25, 0.3) is 0 Å². The highest BCUT2D eigenvalue weighted by molar-refractivity contribution is 7.99. The van der Waals surface area contributed by atoms with E-state index >= 15 is 0 Å². The molecule has 2 rings (SSSR count). The van der Waals surface area contributed by atoms with Crippen LogP contribution in [0.2, 0.25) is 0 Å². The van der Waals surface area contributed by atoms with E-state index in [9.17, 15) is 9.59 Å². The molecular formula is C22H30N3O2S+. The first kappa shape index (κ1) is 22.0. The summed E-state index contributed by atoms with van der Waals surface area (Å²) < 4.78 is 0. The van der Waals surface area contributed by atoms with E-state index in [4.69, 9.17) is 0 Å². The van der Waals surface area contributed by atoms with Gasteiger partial charge in [0, 0.05) is 22.0 Å². The molecule has 1 atom stereocenters. The van der Waals surface area contributed by atoms with Crippen LogP contribution in [-0.4, -0.2) is 38.5 Å². The standard InChI is InChI=1S/C22H29N3O2S/c1-5-12-23-21(26)14-25(4)15-22(27)24-18-8-10-19(11-9-18)28-20-13-16(2)6-7-17(20)3/h6-11,13H,5,12,14-15H2,1-4H3,(H,23,26)(H,24,27)/p+1. The fourth-order valence-corrected chi connectivity index (χ4v) is 3.69. The number of quaternary nitrogens is 1. The maximum absolute atomic E-state index is 12.2. The first-order chi connectivity index (χ1) is 13.4. The smallest absolute Gasteiger partial charge is 0.279 e. The number of rotatable bonds is 9. The van der Waals surface area contributed by atoms with Gasteiger partial charge in [-0.05, 0) is 61.7 Å². The zero-order valence-electron chi connectivity index (χ0n) is 17.1. The molecule has 5 nitrogen and oxygen atoms in total. The lowest BCUT2D eigenvalue weighted by atomic mass is 10.2. The minimum absolute atomic E-state index is 0.0278. The molecule has 6 heteroatoms. The van der Waals surface area contributed by atoms with Crippen LogP contribution >= 0.6 is 11.8 Å². The maximum atomic E-state index is 12.2. The van der Waals surface area contributed by atoms with Gasteiger partial charge in [-0.3, -0.25) is 9.59 Å². The van der Waals surface area contributed by atoms with Crippen molar-refractivity contribution in [3.63, 3.8) is 0 Å². The minimum atomic E-state index is -0.101. The molecule has 150 valence electrons. The van der Waals surface area contributed by atoms with Crippen LogP contribution in [0.5, 0.6) is 0 Å². The zero-order valence-corrected chi connectivity index (χ0v) is 17.9. The molecule has 0 heterocycles. The number of benzene rings is 2. The van der Waals surface area contributed by atoms with E-state index in [-0.39, 0.29) is 18.4 Å². The Morgan fingerprint density at radius 3 is 2.36 bits per heavy atom. The van der Waals surface area contributed by atoms with Crippen LogP contribution in [0.4, 0.5) is 5.69 Å². The fourth-order valence-electron chi connectivity index (χ4n) is 2.69. The maximum Gasteiger partial charge on any atom is 0.279 e. The van der Waals surface area contributed by atoms with Gasteiger partial charge < -0.3 is 15.5 Å². The first-order valence-corrected chi connectivity index (χ1v) is 10.4. The van der Waals surface area contributed by atoms with E-state index in [0.717, 1.165) is 21.9 Å². The Kier molecular flexibility index (Phi) is 8.54. The SMILES string of the molecule is CCCNC(=O)C[NH+](C)CC(=O)Nc1ccc(Sc2cc(C)ccc2C)cc1. The van der Waals surface area contributed by atoms with E-state index in [1.165, 1.54) is 16.0 Å². The molecule has 2 aromatic carbocycles. The summed E-state index contributed by atoms with van der Waals surface area (Å²) in [5.74, 6) is -0.129. The quantitative estimate of drug-likeness (QED) is 0.606.